The first kappa shape index (κ1) is 22.1. The average Bonchev–Trinajstić information content (AvgIpc) is 2.91. The van der Waals surface area contributed by atoms with E-state index in [9.17, 15) is 27.6 Å². The Hall–Kier alpha value is -3.24. The van der Waals surface area contributed by atoms with Gasteiger partial charge in [0.15, 0.2) is 11.5 Å². The smallest absolute Gasteiger partial charge is 0.425 e. The van der Waals surface area contributed by atoms with Crippen LogP contribution in [0.2, 0.25) is 0 Å². The highest BCUT2D eigenvalue weighted by molar-refractivity contribution is 6.11. The summed E-state index contributed by atoms with van der Waals surface area (Å²) in [6.07, 6.45) is -5.33. The number of nitrogens with one attached hydrogen (secondary N) is 2. The lowest BCUT2D eigenvalue weighted by molar-refractivity contribution is -0.189. The maximum Gasteiger partial charge on any atom is 0.425 e. The standard InChI is InChI=1S/C18H19F3N2O6/c1-5-29-15(25)13-9(2)22-16(26)17(13,18(19,20)21)23-14(24)10-6-7-11(27-3)12(8-10)28-4/h6-8H,5H2,1-4H3,(H,22,26)(H,23,24)/t17-/m1/s1. The molecule has 1 aromatic carbocycles. The molecule has 1 aromatic rings. The molecule has 0 bridgehead atoms. The third-order valence-corrected chi connectivity index (χ3v) is 4.24. The van der Waals surface area contributed by atoms with E-state index in [1.807, 2.05) is 5.32 Å². The molecule has 1 atom stereocenters. The molecule has 0 saturated carbocycles. The number of esters is 1. The van der Waals surface area contributed by atoms with Gasteiger partial charge in [0.05, 0.1) is 20.8 Å². The van der Waals surface area contributed by atoms with Gasteiger partial charge in [0.1, 0.15) is 5.57 Å². The van der Waals surface area contributed by atoms with E-state index in [0.717, 1.165) is 13.0 Å². The van der Waals surface area contributed by atoms with Crippen LogP contribution >= 0.6 is 0 Å². The van der Waals surface area contributed by atoms with Crippen LogP contribution in [0.15, 0.2) is 29.5 Å². The molecule has 8 nitrogen and oxygen atoms in total. The number of hydrogen-bond acceptors (Lipinski definition) is 6. The fourth-order valence-corrected chi connectivity index (χ4v) is 2.91. The van der Waals surface area contributed by atoms with Crippen LogP contribution in [-0.4, -0.2) is 50.3 Å². The fourth-order valence-electron chi connectivity index (χ4n) is 2.91. The molecule has 158 valence electrons. The van der Waals surface area contributed by atoms with Gasteiger partial charge in [-0.05, 0) is 32.0 Å². The van der Waals surface area contributed by atoms with Crippen LogP contribution in [0.25, 0.3) is 0 Å². The normalized spacial score (nSPS) is 18.9. The van der Waals surface area contributed by atoms with Crippen molar-refractivity contribution < 1.29 is 41.8 Å². The second-order valence-corrected chi connectivity index (χ2v) is 5.95. The van der Waals surface area contributed by atoms with Crippen molar-refractivity contribution in [2.45, 2.75) is 25.6 Å². The van der Waals surface area contributed by atoms with Gasteiger partial charge < -0.3 is 24.8 Å². The molecule has 0 fully saturated rings. The molecule has 2 rings (SSSR count). The lowest BCUT2D eigenvalue weighted by atomic mass is 9.88. The molecule has 0 aromatic heterocycles. The molecule has 1 aliphatic heterocycles. The first-order valence-electron chi connectivity index (χ1n) is 8.34. The molecule has 1 aliphatic rings. The number of benzene rings is 1. The Morgan fingerprint density at radius 1 is 1.17 bits per heavy atom. The third kappa shape index (κ3) is 3.71. The monoisotopic (exact) mass is 416 g/mol. The van der Waals surface area contributed by atoms with E-state index in [1.165, 1.54) is 33.3 Å². The Labute approximate surface area is 164 Å². The highest BCUT2D eigenvalue weighted by Crippen LogP contribution is 2.42. The van der Waals surface area contributed by atoms with E-state index in [0.29, 0.717) is 0 Å². The number of halogens is 3. The Morgan fingerprint density at radius 2 is 1.79 bits per heavy atom. The van der Waals surface area contributed by atoms with E-state index < -0.39 is 35.1 Å². The number of rotatable bonds is 6. The minimum atomic E-state index is -5.33. The molecular weight excluding hydrogens is 397 g/mol. The van der Waals surface area contributed by atoms with E-state index in [1.54, 1.807) is 5.32 Å². The number of methoxy groups -OCH3 is 2. The summed E-state index contributed by atoms with van der Waals surface area (Å²) in [5.41, 5.74) is -5.23. The lowest BCUT2D eigenvalue weighted by Gasteiger charge is -2.31. The predicted molar refractivity (Wildman–Crippen MR) is 93.3 cm³/mol. The van der Waals surface area contributed by atoms with Gasteiger partial charge in [-0.15, -0.1) is 0 Å². The van der Waals surface area contributed by atoms with Crippen molar-refractivity contribution in [1.82, 2.24) is 10.6 Å². The van der Waals surface area contributed by atoms with Crippen LogP contribution in [-0.2, 0) is 14.3 Å². The number of alkyl halides is 3. The minimum absolute atomic E-state index is 0.0921. The predicted octanol–water partition coefficient (Wildman–Crippen LogP) is 1.70. The summed E-state index contributed by atoms with van der Waals surface area (Å²) < 4.78 is 56.9. The quantitative estimate of drug-likeness (QED) is 0.685. The molecule has 1 heterocycles. The van der Waals surface area contributed by atoms with E-state index in [4.69, 9.17) is 9.47 Å². The third-order valence-electron chi connectivity index (χ3n) is 4.24. The number of ether oxygens (including phenoxy) is 3. The molecule has 2 N–H and O–H groups in total. The molecule has 29 heavy (non-hydrogen) atoms. The first-order valence-corrected chi connectivity index (χ1v) is 8.34. The lowest BCUT2D eigenvalue weighted by Crippen LogP contribution is -2.66. The molecule has 11 heteroatoms. The number of amides is 2. The maximum atomic E-state index is 14.1. The number of allylic oxidation sites excluding steroid dienone is 1. The molecule has 0 unspecified atom stereocenters. The average molecular weight is 416 g/mol. The Kier molecular flexibility index (Phi) is 6.10. The zero-order chi connectivity index (χ0) is 22.0. The Bertz CT molecular complexity index is 881. The summed E-state index contributed by atoms with van der Waals surface area (Å²) in [4.78, 5) is 37.2. The topological polar surface area (TPSA) is 103 Å². The van der Waals surface area contributed by atoms with Gasteiger partial charge in [-0.3, -0.25) is 9.59 Å². The molecule has 0 spiro atoms. The van der Waals surface area contributed by atoms with Gasteiger partial charge in [-0.1, -0.05) is 0 Å². The maximum absolute atomic E-state index is 14.1. The molecular formula is C18H19F3N2O6. The second-order valence-electron chi connectivity index (χ2n) is 5.95. The van der Waals surface area contributed by atoms with E-state index in [2.05, 4.69) is 4.74 Å². The molecule has 0 saturated heterocycles. The number of carbonyl (C=O) groups excluding carboxylic acids is 3. The Morgan fingerprint density at radius 3 is 2.31 bits per heavy atom. The van der Waals surface area contributed by atoms with Crippen molar-refractivity contribution in [2.75, 3.05) is 20.8 Å². The highest BCUT2D eigenvalue weighted by Gasteiger charge is 2.69. The zero-order valence-corrected chi connectivity index (χ0v) is 16.0. The van der Waals surface area contributed by atoms with E-state index in [-0.39, 0.29) is 29.4 Å². The van der Waals surface area contributed by atoms with Crippen molar-refractivity contribution in [3.8, 4) is 11.5 Å². The van der Waals surface area contributed by atoms with Crippen LogP contribution in [0.5, 0.6) is 11.5 Å². The van der Waals surface area contributed by atoms with Gasteiger partial charge in [0, 0.05) is 11.3 Å². The van der Waals surface area contributed by atoms with Crippen LogP contribution in [0.1, 0.15) is 24.2 Å². The molecule has 0 radical (unpaired) electrons. The van der Waals surface area contributed by atoms with Crippen molar-refractivity contribution >= 4 is 17.8 Å². The van der Waals surface area contributed by atoms with Crippen molar-refractivity contribution in [3.05, 3.63) is 35.0 Å². The summed E-state index contributed by atoms with van der Waals surface area (Å²) in [5, 5.41) is 3.64. The molecule has 0 aliphatic carbocycles. The van der Waals surface area contributed by atoms with Crippen molar-refractivity contribution in [3.63, 3.8) is 0 Å². The summed E-state index contributed by atoms with van der Waals surface area (Å²) >= 11 is 0. The number of hydrogen-bond donors (Lipinski definition) is 2. The fraction of sp³-hybridized carbons (Fsp3) is 0.389. The molecule has 2 amide bonds. The minimum Gasteiger partial charge on any atom is -0.493 e. The summed E-state index contributed by atoms with van der Waals surface area (Å²) in [6.45, 7) is 2.29. The van der Waals surface area contributed by atoms with Crippen LogP contribution in [0.3, 0.4) is 0 Å². The largest absolute Gasteiger partial charge is 0.493 e. The van der Waals surface area contributed by atoms with Gasteiger partial charge in [0.25, 0.3) is 11.8 Å². The van der Waals surface area contributed by atoms with Crippen LogP contribution in [0.4, 0.5) is 13.2 Å². The summed E-state index contributed by atoms with van der Waals surface area (Å²) in [5.74, 6) is -3.90. The summed E-state index contributed by atoms with van der Waals surface area (Å²) in [7, 11) is 2.63. The van der Waals surface area contributed by atoms with Gasteiger partial charge >= 0.3 is 12.1 Å². The zero-order valence-electron chi connectivity index (χ0n) is 16.0. The van der Waals surface area contributed by atoms with Crippen LogP contribution in [0, 0.1) is 0 Å². The van der Waals surface area contributed by atoms with Gasteiger partial charge in [-0.2, -0.15) is 13.2 Å². The first-order chi connectivity index (χ1) is 13.5. The summed E-state index contributed by atoms with van der Waals surface area (Å²) in [6, 6.07) is 3.65. The SMILES string of the molecule is CCOC(=O)C1=C(C)NC(=O)[C@@]1(NC(=O)c1ccc(OC)c(OC)c1)C(F)(F)F. The van der Waals surface area contributed by atoms with Crippen molar-refractivity contribution in [2.24, 2.45) is 0 Å². The van der Waals surface area contributed by atoms with Crippen LogP contribution < -0.4 is 20.1 Å². The van der Waals surface area contributed by atoms with Gasteiger partial charge in [0.2, 0.25) is 5.54 Å². The number of carbonyl (C=O) groups is 3. The van der Waals surface area contributed by atoms with Crippen molar-refractivity contribution in [1.29, 1.82) is 0 Å². The highest BCUT2D eigenvalue weighted by atomic mass is 19.4. The second kappa shape index (κ2) is 8.02. The van der Waals surface area contributed by atoms with E-state index >= 15 is 0 Å². The Balaban J connectivity index is 2.55. The van der Waals surface area contributed by atoms with Gasteiger partial charge in [-0.25, -0.2) is 4.79 Å².